The van der Waals surface area contributed by atoms with Gasteiger partial charge in [-0.15, -0.1) is 0 Å². The van der Waals surface area contributed by atoms with Crippen molar-refractivity contribution in [2.24, 2.45) is 0 Å². The fourth-order valence-electron chi connectivity index (χ4n) is 1.66. The molecule has 1 aliphatic rings. The Morgan fingerprint density at radius 1 is 1.36 bits per heavy atom. The molecular formula is C9H20N2O2S. The van der Waals surface area contributed by atoms with E-state index in [-0.39, 0.29) is 11.0 Å². The van der Waals surface area contributed by atoms with Crippen LogP contribution in [0.3, 0.4) is 0 Å². The molecule has 0 amide bonds. The molecule has 1 heterocycles. The van der Waals surface area contributed by atoms with Crippen LogP contribution in [0.4, 0.5) is 0 Å². The lowest BCUT2D eigenvalue weighted by atomic mass is 10.3. The molecule has 14 heavy (non-hydrogen) atoms. The first-order valence-electron chi connectivity index (χ1n) is 5.21. The molecule has 0 spiro atoms. The minimum Gasteiger partial charge on any atom is -0.314 e. The molecule has 0 aliphatic carbocycles. The molecule has 1 saturated heterocycles. The molecule has 1 fully saturated rings. The van der Waals surface area contributed by atoms with Crippen molar-refractivity contribution in [3.05, 3.63) is 0 Å². The maximum absolute atomic E-state index is 11.5. The Morgan fingerprint density at radius 2 is 1.93 bits per heavy atom. The number of rotatable bonds is 4. The normalized spacial score (nSPS) is 22.1. The van der Waals surface area contributed by atoms with Gasteiger partial charge in [0.15, 0.2) is 9.84 Å². The molecule has 84 valence electrons. The summed E-state index contributed by atoms with van der Waals surface area (Å²) in [6.07, 6.45) is 0. The maximum Gasteiger partial charge on any atom is 0.153 e. The summed E-state index contributed by atoms with van der Waals surface area (Å²) in [5.41, 5.74) is 0. The Kier molecular flexibility index (Phi) is 4.34. The number of nitrogens with zero attached hydrogens (tertiary/aromatic N) is 1. The van der Waals surface area contributed by atoms with Gasteiger partial charge in [0, 0.05) is 38.5 Å². The average Bonchev–Trinajstić information content (AvgIpc) is 2.19. The Balaban J connectivity index is 2.43. The smallest absolute Gasteiger partial charge is 0.153 e. The lowest BCUT2D eigenvalue weighted by Crippen LogP contribution is -2.47. The van der Waals surface area contributed by atoms with Crippen LogP contribution in [0.25, 0.3) is 0 Å². The Hall–Kier alpha value is -0.130. The molecule has 0 aromatic carbocycles. The Labute approximate surface area is 86.6 Å². The van der Waals surface area contributed by atoms with E-state index in [0.717, 1.165) is 26.2 Å². The van der Waals surface area contributed by atoms with Gasteiger partial charge >= 0.3 is 0 Å². The zero-order valence-corrected chi connectivity index (χ0v) is 9.81. The van der Waals surface area contributed by atoms with Crippen LogP contribution < -0.4 is 5.32 Å². The third-order valence-corrected chi connectivity index (χ3v) is 4.92. The lowest BCUT2D eigenvalue weighted by Gasteiger charge is -2.29. The maximum atomic E-state index is 11.5. The van der Waals surface area contributed by atoms with E-state index >= 15 is 0 Å². The fourth-order valence-corrected chi connectivity index (χ4v) is 2.66. The molecule has 0 aromatic rings. The molecular weight excluding hydrogens is 200 g/mol. The average molecular weight is 220 g/mol. The molecule has 0 saturated carbocycles. The quantitative estimate of drug-likeness (QED) is 0.707. The van der Waals surface area contributed by atoms with Crippen molar-refractivity contribution in [2.75, 3.05) is 38.5 Å². The van der Waals surface area contributed by atoms with Gasteiger partial charge in [0.25, 0.3) is 0 Å². The second kappa shape index (κ2) is 5.09. The topological polar surface area (TPSA) is 49.4 Å². The predicted molar refractivity (Wildman–Crippen MR) is 58.2 cm³/mol. The molecule has 4 nitrogen and oxygen atoms in total. The lowest BCUT2D eigenvalue weighted by molar-refractivity contribution is 0.242. The monoisotopic (exact) mass is 220 g/mol. The summed E-state index contributed by atoms with van der Waals surface area (Å²) < 4.78 is 23.1. The summed E-state index contributed by atoms with van der Waals surface area (Å²) in [5, 5.41) is 3.02. The van der Waals surface area contributed by atoms with E-state index in [1.807, 2.05) is 0 Å². The summed E-state index contributed by atoms with van der Waals surface area (Å²) in [6.45, 7) is 8.06. The van der Waals surface area contributed by atoms with Gasteiger partial charge in [-0.25, -0.2) is 8.42 Å². The highest BCUT2D eigenvalue weighted by molar-refractivity contribution is 7.92. The summed E-state index contributed by atoms with van der Waals surface area (Å²) in [6, 6.07) is 0. The molecule has 0 aromatic heterocycles. The zero-order valence-electron chi connectivity index (χ0n) is 8.99. The van der Waals surface area contributed by atoms with E-state index in [1.54, 1.807) is 13.8 Å². The van der Waals surface area contributed by atoms with E-state index in [9.17, 15) is 8.42 Å². The van der Waals surface area contributed by atoms with Gasteiger partial charge in [-0.2, -0.15) is 0 Å². The molecule has 0 radical (unpaired) electrons. The second-order valence-electron chi connectivity index (χ2n) is 3.81. The summed E-state index contributed by atoms with van der Waals surface area (Å²) in [5.74, 6) is 0.250. The first-order valence-corrected chi connectivity index (χ1v) is 6.92. The van der Waals surface area contributed by atoms with Crippen LogP contribution in [-0.4, -0.2) is 57.0 Å². The molecule has 1 atom stereocenters. The molecule has 5 heteroatoms. The number of nitrogens with one attached hydrogen (secondary N) is 1. The van der Waals surface area contributed by atoms with E-state index < -0.39 is 9.84 Å². The van der Waals surface area contributed by atoms with Crippen LogP contribution in [0.15, 0.2) is 0 Å². The second-order valence-corrected chi connectivity index (χ2v) is 6.52. The highest BCUT2D eigenvalue weighted by atomic mass is 32.2. The van der Waals surface area contributed by atoms with E-state index in [2.05, 4.69) is 10.2 Å². The standard InChI is InChI=1S/C9H20N2O2S/c1-3-14(12,13)9(2)8-11-6-4-10-5-7-11/h9-10H,3-8H2,1-2H3. The number of hydrogen-bond acceptors (Lipinski definition) is 4. The predicted octanol–water partition coefficient (Wildman–Crippen LogP) is -0.285. The Bertz CT molecular complexity index is 258. The van der Waals surface area contributed by atoms with Gasteiger partial charge in [0.2, 0.25) is 0 Å². The highest BCUT2D eigenvalue weighted by Crippen LogP contribution is 2.05. The summed E-state index contributed by atoms with van der Waals surface area (Å²) in [4.78, 5) is 2.22. The van der Waals surface area contributed by atoms with Crippen LogP contribution in [0.2, 0.25) is 0 Å². The van der Waals surface area contributed by atoms with Crippen LogP contribution >= 0.6 is 0 Å². The van der Waals surface area contributed by atoms with Crippen molar-refractivity contribution in [3.63, 3.8) is 0 Å². The minimum atomic E-state index is -2.86. The van der Waals surface area contributed by atoms with Crippen LogP contribution in [0.5, 0.6) is 0 Å². The van der Waals surface area contributed by atoms with Gasteiger partial charge in [-0.05, 0) is 6.92 Å². The van der Waals surface area contributed by atoms with Gasteiger partial charge < -0.3 is 5.32 Å². The van der Waals surface area contributed by atoms with Gasteiger partial charge in [-0.1, -0.05) is 6.92 Å². The van der Waals surface area contributed by atoms with Crippen molar-refractivity contribution >= 4 is 9.84 Å². The molecule has 1 N–H and O–H groups in total. The SMILES string of the molecule is CCS(=O)(=O)C(C)CN1CCNCC1. The van der Waals surface area contributed by atoms with Gasteiger partial charge in [0.05, 0.1) is 5.25 Å². The number of hydrogen-bond donors (Lipinski definition) is 1. The van der Waals surface area contributed by atoms with E-state index in [1.165, 1.54) is 0 Å². The van der Waals surface area contributed by atoms with Crippen molar-refractivity contribution in [2.45, 2.75) is 19.1 Å². The van der Waals surface area contributed by atoms with Gasteiger partial charge in [0.1, 0.15) is 0 Å². The fraction of sp³-hybridized carbons (Fsp3) is 1.00. The molecule has 1 unspecified atom stereocenters. The Morgan fingerprint density at radius 3 is 2.43 bits per heavy atom. The van der Waals surface area contributed by atoms with Crippen LogP contribution in [0.1, 0.15) is 13.8 Å². The van der Waals surface area contributed by atoms with Crippen molar-refractivity contribution < 1.29 is 8.42 Å². The number of piperazine rings is 1. The summed E-state index contributed by atoms with van der Waals surface area (Å²) in [7, 11) is -2.86. The molecule has 1 rings (SSSR count). The third-order valence-electron chi connectivity index (χ3n) is 2.74. The van der Waals surface area contributed by atoms with Gasteiger partial charge in [-0.3, -0.25) is 4.90 Å². The number of sulfone groups is 1. The van der Waals surface area contributed by atoms with Crippen LogP contribution in [0, 0.1) is 0 Å². The van der Waals surface area contributed by atoms with Crippen molar-refractivity contribution in [3.8, 4) is 0 Å². The van der Waals surface area contributed by atoms with E-state index in [4.69, 9.17) is 0 Å². The van der Waals surface area contributed by atoms with Crippen molar-refractivity contribution in [1.29, 1.82) is 0 Å². The van der Waals surface area contributed by atoms with Crippen LogP contribution in [-0.2, 0) is 9.84 Å². The van der Waals surface area contributed by atoms with E-state index in [0.29, 0.717) is 6.54 Å². The van der Waals surface area contributed by atoms with Crippen molar-refractivity contribution in [1.82, 2.24) is 10.2 Å². The highest BCUT2D eigenvalue weighted by Gasteiger charge is 2.22. The zero-order chi connectivity index (χ0) is 10.6. The summed E-state index contributed by atoms with van der Waals surface area (Å²) >= 11 is 0. The first-order chi connectivity index (χ1) is 6.56. The third kappa shape index (κ3) is 3.22. The minimum absolute atomic E-state index is 0.231. The molecule has 1 aliphatic heterocycles. The molecule has 0 bridgehead atoms. The first kappa shape index (κ1) is 11.9. The largest absolute Gasteiger partial charge is 0.314 e.